The van der Waals surface area contributed by atoms with Gasteiger partial charge in [-0.1, -0.05) is 35.9 Å². The number of ether oxygens (including phenoxy) is 1. The van der Waals surface area contributed by atoms with Gasteiger partial charge >= 0.3 is 0 Å². The van der Waals surface area contributed by atoms with Gasteiger partial charge in [0.15, 0.2) is 17.5 Å². The molecule has 0 bridgehead atoms. The maximum atomic E-state index is 10.2. The lowest BCUT2D eigenvalue weighted by molar-refractivity contribution is 0.370. The van der Waals surface area contributed by atoms with E-state index in [1.54, 1.807) is 6.07 Å². The van der Waals surface area contributed by atoms with Crippen LogP contribution in [0.15, 0.2) is 41.4 Å². The van der Waals surface area contributed by atoms with Crippen LogP contribution in [0.25, 0.3) is 0 Å². The van der Waals surface area contributed by atoms with Gasteiger partial charge in [0, 0.05) is 18.7 Å². The minimum atomic E-state index is 0. The minimum Gasteiger partial charge on any atom is -0.504 e. The first kappa shape index (κ1) is 22.1. The summed E-state index contributed by atoms with van der Waals surface area (Å²) in [7, 11) is 1.54. The summed E-state index contributed by atoms with van der Waals surface area (Å²) in [6, 6.07) is 11.8. The maximum Gasteiger partial charge on any atom is 0.191 e. The predicted molar refractivity (Wildman–Crippen MR) is 118 cm³/mol. The van der Waals surface area contributed by atoms with Gasteiger partial charge in [-0.3, -0.25) is 0 Å². The molecule has 0 aliphatic heterocycles. The van der Waals surface area contributed by atoms with Crippen LogP contribution >= 0.6 is 24.0 Å². The molecule has 2 aromatic rings. The second kappa shape index (κ2) is 10.9. The summed E-state index contributed by atoms with van der Waals surface area (Å²) in [6.45, 7) is 8.06. The van der Waals surface area contributed by atoms with E-state index in [4.69, 9.17) is 4.74 Å². The lowest BCUT2D eigenvalue weighted by atomic mass is 10.1. The van der Waals surface area contributed by atoms with E-state index < -0.39 is 0 Å². The van der Waals surface area contributed by atoms with Crippen molar-refractivity contribution >= 4 is 29.9 Å². The van der Waals surface area contributed by atoms with Crippen LogP contribution in [-0.2, 0) is 13.1 Å². The fraction of sp³-hybridized carbons (Fsp3) is 0.350. The van der Waals surface area contributed by atoms with E-state index in [9.17, 15) is 5.11 Å². The molecule has 6 heteroatoms. The van der Waals surface area contributed by atoms with Crippen LogP contribution in [0.1, 0.15) is 29.2 Å². The topological polar surface area (TPSA) is 65.9 Å². The average molecular weight is 469 g/mol. The van der Waals surface area contributed by atoms with Gasteiger partial charge in [0.05, 0.1) is 13.7 Å². The molecule has 0 spiro atoms. The van der Waals surface area contributed by atoms with Crippen molar-refractivity contribution in [1.82, 2.24) is 10.6 Å². The molecule has 142 valence electrons. The highest BCUT2D eigenvalue weighted by atomic mass is 127. The first-order chi connectivity index (χ1) is 12.0. The molecule has 0 aromatic heterocycles. The number of hydrogen-bond acceptors (Lipinski definition) is 3. The van der Waals surface area contributed by atoms with Gasteiger partial charge in [-0.25, -0.2) is 4.99 Å². The number of phenolic OH excluding ortho intramolecular Hbond substituents is 1. The Morgan fingerprint density at radius 1 is 1.12 bits per heavy atom. The minimum absolute atomic E-state index is 0. The summed E-state index contributed by atoms with van der Waals surface area (Å²) in [6.07, 6.45) is 0. The molecular formula is C20H28IN3O2. The fourth-order valence-electron chi connectivity index (χ4n) is 2.59. The monoisotopic (exact) mass is 469 g/mol. The molecule has 0 saturated carbocycles. The number of halogens is 1. The van der Waals surface area contributed by atoms with E-state index in [1.165, 1.54) is 23.8 Å². The van der Waals surface area contributed by atoms with Crippen molar-refractivity contribution in [2.75, 3.05) is 13.7 Å². The molecule has 0 atom stereocenters. The average Bonchev–Trinajstić information content (AvgIpc) is 2.59. The largest absolute Gasteiger partial charge is 0.504 e. The number of methoxy groups -OCH3 is 1. The third kappa shape index (κ3) is 6.09. The van der Waals surface area contributed by atoms with Crippen molar-refractivity contribution in [2.24, 2.45) is 4.99 Å². The Balaban J connectivity index is 0.00000338. The molecule has 2 aromatic carbocycles. The van der Waals surface area contributed by atoms with Crippen LogP contribution in [0.2, 0.25) is 0 Å². The van der Waals surface area contributed by atoms with Crippen molar-refractivity contribution in [3.05, 3.63) is 58.7 Å². The second-order valence-electron chi connectivity index (χ2n) is 5.95. The number of guanidine groups is 1. The molecule has 0 unspecified atom stereocenters. The number of hydrogen-bond donors (Lipinski definition) is 3. The molecule has 26 heavy (non-hydrogen) atoms. The zero-order chi connectivity index (χ0) is 18.2. The van der Waals surface area contributed by atoms with Crippen LogP contribution in [0.3, 0.4) is 0 Å². The molecule has 0 amide bonds. The molecule has 0 aliphatic rings. The second-order valence-corrected chi connectivity index (χ2v) is 5.95. The Labute approximate surface area is 172 Å². The van der Waals surface area contributed by atoms with E-state index in [0.29, 0.717) is 24.8 Å². The summed E-state index contributed by atoms with van der Waals surface area (Å²) >= 11 is 0. The zero-order valence-corrected chi connectivity index (χ0v) is 18.1. The molecular weight excluding hydrogens is 441 g/mol. The summed E-state index contributed by atoms with van der Waals surface area (Å²) in [5, 5.41) is 16.7. The highest BCUT2D eigenvalue weighted by molar-refractivity contribution is 14.0. The van der Waals surface area contributed by atoms with E-state index >= 15 is 0 Å². The Kier molecular flexibility index (Phi) is 9.26. The fourth-order valence-corrected chi connectivity index (χ4v) is 2.59. The van der Waals surface area contributed by atoms with Gasteiger partial charge in [0.25, 0.3) is 0 Å². The molecule has 0 fully saturated rings. The smallest absolute Gasteiger partial charge is 0.191 e. The standard InChI is InChI=1S/C20H27N3O2.HI/c1-5-21-20(22-12-16-10-9-14(2)11-15(16)3)23-13-17-7-6-8-18(25-4)19(17)24;/h6-11,24H,5,12-13H2,1-4H3,(H2,21,22,23);1H. The van der Waals surface area contributed by atoms with Gasteiger partial charge in [0.2, 0.25) is 0 Å². The van der Waals surface area contributed by atoms with Gasteiger partial charge in [-0.15, -0.1) is 24.0 Å². The van der Waals surface area contributed by atoms with E-state index in [-0.39, 0.29) is 29.7 Å². The number of aryl methyl sites for hydroxylation is 2. The van der Waals surface area contributed by atoms with Crippen molar-refractivity contribution in [3.8, 4) is 11.5 Å². The number of phenols is 1. The van der Waals surface area contributed by atoms with Gasteiger partial charge in [-0.05, 0) is 38.0 Å². The van der Waals surface area contributed by atoms with Crippen LogP contribution in [0, 0.1) is 13.8 Å². The van der Waals surface area contributed by atoms with Crippen molar-refractivity contribution in [3.63, 3.8) is 0 Å². The Bertz CT molecular complexity index is 748. The molecule has 0 aliphatic carbocycles. The van der Waals surface area contributed by atoms with E-state index in [0.717, 1.165) is 12.1 Å². The normalized spacial score (nSPS) is 10.8. The third-order valence-electron chi connectivity index (χ3n) is 4.00. The predicted octanol–water partition coefficient (Wildman–Crippen LogP) is 3.89. The number of nitrogens with zero attached hydrogens (tertiary/aromatic N) is 1. The van der Waals surface area contributed by atoms with Crippen LogP contribution in [-0.4, -0.2) is 24.7 Å². The third-order valence-corrected chi connectivity index (χ3v) is 4.00. The molecule has 5 nitrogen and oxygen atoms in total. The number of benzene rings is 2. The zero-order valence-electron chi connectivity index (χ0n) is 15.8. The Hall–Kier alpha value is -1.96. The summed E-state index contributed by atoms with van der Waals surface area (Å²) < 4.78 is 5.14. The number of aliphatic imine (C=N–C) groups is 1. The number of para-hydroxylation sites is 1. The van der Waals surface area contributed by atoms with Crippen LogP contribution in [0.4, 0.5) is 0 Å². The van der Waals surface area contributed by atoms with Gasteiger partial charge < -0.3 is 20.5 Å². The highest BCUT2D eigenvalue weighted by Crippen LogP contribution is 2.29. The summed E-state index contributed by atoms with van der Waals surface area (Å²) in [5.41, 5.74) is 4.48. The molecule has 0 heterocycles. The van der Waals surface area contributed by atoms with Crippen molar-refractivity contribution in [2.45, 2.75) is 33.9 Å². The van der Waals surface area contributed by atoms with Crippen LogP contribution < -0.4 is 15.4 Å². The molecule has 2 rings (SSSR count). The number of nitrogens with one attached hydrogen (secondary N) is 2. The first-order valence-corrected chi connectivity index (χ1v) is 8.48. The highest BCUT2D eigenvalue weighted by Gasteiger charge is 2.07. The Morgan fingerprint density at radius 3 is 2.54 bits per heavy atom. The summed E-state index contributed by atoms with van der Waals surface area (Å²) in [4.78, 5) is 4.56. The quantitative estimate of drug-likeness (QED) is 0.341. The lowest BCUT2D eigenvalue weighted by Crippen LogP contribution is -2.36. The molecule has 3 N–H and O–H groups in total. The Morgan fingerprint density at radius 2 is 1.88 bits per heavy atom. The molecule has 0 radical (unpaired) electrons. The van der Waals surface area contributed by atoms with Crippen molar-refractivity contribution < 1.29 is 9.84 Å². The first-order valence-electron chi connectivity index (χ1n) is 8.48. The number of rotatable bonds is 6. The van der Waals surface area contributed by atoms with Crippen LogP contribution in [0.5, 0.6) is 11.5 Å². The van der Waals surface area contributed by atoms with Gasteiger partial charge in [0.1, 0.15) is 0 Å². The van der Waals surface area contributed by atoms with Crippen molar-refractivity contribution in [1.29, 1.82) is 0 Å². The van der Waals surface area contributed by atoms with Gasteiger partial charge in [-0.2, -0.15) is 0 Å². The SMILES string of the molecule is CCNC(=NCc1cccc(OC)c1O)NCc1ccc(C)cc1C.I. The summed E-state index contributed by atoms with van der Waals surface area (Å²) in [5.74, 6) is 1.31. The number of aromatic hydroxyl groups is 1. The lowest BCUT2D eigenvalue weighted by Gasteiger charge is -2.13. The van der Waals surface area contributed by atoms with E-state index in [1.807, 2.05) is 19.1 Å². The van der Waals surface area contributed by atoms with E-state index in [2.05, 4.69) is 47.7 Å². The maximum absolute atomic E-state index is 10.2. The molecule has 0 saturated heterocycles.